The number of para-hydroxylation sites is 1. The Bertz CT molecular complexity index is 515. The molecule has 4 nitrogen and oxygen atoms in total. The summed E-state index contributed by atoms with van der Waals surface area (Å²) in [7, 11) is 0. The minimum atomic E-state index is 0.112. The van der Waals surface area contributed by atoms with Gasteiger partial charge < -0.3 is 10.6 Å². The number of carbonyl (C=O) groups is 1. The zero-order chi connectivity index (χ0) is 15.4. The van der Waals surface area contributed by atoms with Crippen molar-refractivity contribution in [2.75, 3.05) is 31.5 Å². The fourth-order valence-electron chi connectivity index (χ4n) is 3.91. The molecule has 120 valence electrons. The van der Waals surface area contributed by atoms with E-state index in [4.69, 9.17) is 0 Å². The summed E-state index contributed by atoms with van der Waals surface area (Å²) in [5, 5.41) is 6.61. The predicted octanol–water partition coefficient (Wildman–Crippen LogP) is 2.54. The van der Waals surface area contributed by atoms with Crippen molar-refractivity contribution in [1.29, 1.82) is 0 Å². The number of anilines is 1. The van der Waals surface area contributed by atoms with Crippen LogP contribution in [0.1, 0.15) is 37.7 Å². The normalized spacial score (nSPS) is 21.7. The zero-order valence-electron chi connectivity index (χ0n) is 13.5. The Morgan fingerprint density at radius 1 is 1.27 bits per heavy atom. The molecule has 1 amide bonds. The van der Waals surface area contributed by atoms with Crippen molar-refractivity contribution in [3.8, 4) is 0 Å². The first-order valence-corrected chi connectivity index (χ1v) is 8.51. The second kappa shape index (κ2) is 6.80. The lowest BCUT2D eigenvalue weighted by Gasteiger charge is -2.49. The van der Waals surface area contributed by atoms with E-state index in [0.29, 0.717) is 6.54 Å². The van der Waals surface area contributed by atoms with Crippen LogP contribution in [0.3, 0.4) is 0 Å². The highest BCUT2D eigenvalue weighted by atomic mass is 16.2. The molecule has 1 aliphatic carbocycles. The van der Waals surface area contributed by atoms with Crippen LogP contribution in [0.15, 0.2) is 24.3 Å². The van der Waals surface area contributed by atoms with Crippen LogP contribution in [0, 0.1) is 6.92 Å². The van der Waals surface area contributed by atoms with Crippen LogP contribution >= 0.6 is 0 Å². The van der Waals surface area contributed by atoms with Gasteiger partial charge in [-0.25, -0.2) is 0 Å². The molecule has 1 aliphatic heterocycles. The second-order valence-corrected chi connectivity index (χ2v) is 6.75. The van der Waals surface area contributed by atoms with Crippen molar-refractivity contribution in [3.63, 3.8) is 0 Å². The molecule has 1 aromatic rings. The Balaban J connectivity index is 1.65. The van der Waals surface area contributed by atoms with Crippen LogP contribution in [-0.2, 0) is 4.79 Å². The van der Waals surface area contributed by atoms with Crippen LogP contribution in [0.4, 0.5) is 5.69 Å². The first-order chi connectivity index (χ1) is 10.7. The monoisotopic (exact) mass is 301 g/mol. The molecule has 1 aromatic carbocycles. The van der Waals surface area contributed by atoms with Gasteiger partial charge >= 0.3 is 0 Å². The first-order valence-electron chi connectivity index (χ1n) is 8.51. The van der Waals surface area contributed by atoms with Crippen molar-refractivity contribution in [2.24, 2.45) is 0 Å². The highest BCUT2D eigenvalue weighted by molar-refractivity contribution is 5.93. The molecule has 2 N–H and O–H groups in total. The smallest absolute Gasteiger partial charge is 0.238 e. The number of carbonyl (C=O) groups excluding carboxylic acids is 1. The van der Waals surface area contributed by atoms with E-state index in [2.05, 4.69) is 15.5 Å². The van der Waals surface area contributed by atoms with Gasteiger partial charge in [-0.05, 0) is 31.4 Å². The number of aryl methyl sites for hydroxylation is 1. The Morgan fingerprint density at radius 3 is 2.82 bits per heavy atom. The number of nitrogens with zero attached hydrogens (tertiary/aromatic N) is 1. The van der Waals surface area contributed by atoms with Gasteiger partial charge in [0.2, 0.25) is 5.91 Å². The highest BCUT2D eigenvalue weighted by Crippen LogP contribution is 2.34. The molecule has 22 heavy (non-hydrogen) atoms. The number of benzene rings is 1. The van der Waals surface area contributed by atoms with Crippen molar-refractivity contribution in [2.45, 2.75) is 44.6 Å². The highest BCUT2D eigenvalue weighted by Gasteiger charge is 2.40. The molecule has 0 radical (unpaired) electrons. The maximum absolute atomic E-state index is 12.5. The second-order valence-electron chi connectivity index (χ2n) is 6.75. The maximum Gasteiger partial charge on any atom is 0.238 e. The van der Waals surface area contributed by atoms with Gasteiger partial charge in [0.25, 0.3) is 0 Å². The lowest BCUT2D eigenvalue weighted by molar-refractivity contribution is -0.120. The summed E-state index contributed by atoms with van der Waals surface area (Å²) in [6.45, 7) is 5.53. The quantitative estimate of drug-likeness (QED) is 0.902. The Labute approximate surface area is 133 Å². The summed E-state index contributed by atoms with van der Waals surface area (Å²) in [6.07, 6.45) is 6.36. The minimum absolute atomic E-state index is 0.112. The molecule has 0 unspecified atom stereocenters. The van der Waals surface area contributed by atoms with E-state index in [-0.39, 0.29) is 11.4 Å². The molecule has 2 aliphatic rings. The summed E-state index contributed by atoms with van der Waals surface area (Å²) < 4.78 is 0. The van der Waals surface area contributed by atoms with Crippen molar-refractivity contribution in [1.82, 2.24) is 10.2 Å². The Hall–Kier alpha value is -1.39. The summed E-state index contributed by atoms with van der Waals surface area (Å²) in [5.74, 6) is 0.112. The molecule has 1 saturated heterocycles. The third-order valence-corrected chi connectivity index (χ3v) is 5.22. The number of hydrogen-bond acceptors (Lipinski definition) is 3. The molecule has 0 aromatic heterocycles. The predicted molar refractivity (Wildman–Crippen MR) is 90.1 cm³/mol. The molecule has 0 bridgehead atoms. The number of nitrogens with one attached hydrogen (secondary N) is 2. The third kappa shape index (κ3) is 3.33. The topological polar surface area (TPSA) is 44.4 Å². The van der Waals surface area contributed by atoms with E-state index in [0.717, 1.165) is 30.9 Å². The number of hydrogen-bond donors (Lipinski definition) is 2. The largest absolute Gasteiger partial charge is 0.325 e. The Morgan fingerprint density at radius 2 is 2.05 bits per heavy atom. The first kappa shape index (κ1) is 15.5. The zero-order valence-corrected chi connectivity index (χ0v) is 13.5. The van der Waals surface area contributed by atoms with E-state index in [1.54, 1.807) is 0 Å². The lowest BCUT2D eigenvalue weighted by atomic mass is 9.79. The van der Waals surface area contributed by atoms with Gasteiger partial charge in [0.1, 0.15) is 0 Å². The summed E-state index contributed by atoms with van der Waals surface area (Å²) >= 11 is 0. The molecular formula is C18H27N3O. The molecule has 1 spiro atoms. The number of rotatable bonds is 3. The third-order valence-electron chi connectivity index (χ3n) is 5.22. The fraction of sp³-hybridized carbons (Fsp3) is 0.611. The van der Waals surface area contributed by atoms with Gasteiger partial charge in [-0.1, -0.05) is 37.5 Å². The number of piperazine rings is 1. The van der Waals surface area contributed by atoms with Gasteiger partial charge in [0.15, 0.2) is 0 Å². The SMILES string of the molecule is Cc1ccccc1NC(=O)CN1CCNCC12CCCCC2. The molecule has 3 rings (SSSR count). The molecule has 2 fully saturated rings. The standard InChI is InChI=1S/C18H27N3O/c1-15-7-3-4-8-16(15)20-17(22)13-21-12-11-19-14-18(21)9-5-2-6-10-18/h3-4,7-8,19H,2,5-6,9-14H2,1H3,(H,20,22). The van der Waals surface area contributed by atoms with Crippen LogP contribution < -0.4 is 10.6 Å². The lowest BCUT2D eigenvalue weighted by Crippen LogP contribution is -2.63. The summed E-state index contributed by atoms with van der Waals surface area (Å²) in [6, 6.07) is 7.97. The van der Waals surface area contributed by atoms with E-state index < -0.39 is 0 Å². The van der Waals surface area contributed by atoms with Gasteiger partial charge in [-0.2, -0.15) is 0 Å². The van der Waals surface area contributed by atoms with Crippen molar-refractivity contribution >= 4 is 11.6 Å². The average molecular weight is 301 g/mol. The van der Waals surface area contributed by atoms with Crippen molar-refractivity contribution < 1.29 is 4.79 Å². The van der Waals surface area contributed by atoms with Gasteiger partial charge in [-0.3, -0.25) is 9.69 Å². The van der Waals surface area contributed by atoms with E-state index in [9.17, 15) is 4.79 Å². The van der Waals surface area contributed by atoms with Gasteiger partial charge in [0, 0.05) is 30.9 Å². The van der Waals surface area contributed by atoms with Crippen LogP contribution in [0.25, 0.3) is 0 Å². The molecule has 1 saturated carbocycles. The molecular weight excluding hydrogens is 274 g/mol. The fourth-order valence-corrected chi connectivity index (χ4v) is 3.91. The molecule has 4 heteroatoms. The van der Waals surface area contributed by atoms with Crippen LogP contribution in [-0.4, -0.2) is 42.5 Å². The summed E-state index contributed by atoms with van der Waals surface area (Å²) in [4.78, 5) is 14.9. The summed E-state index contributed by atoms with van der Waals surface area (Å²) in [5.41, 5.74) is 2.25. The van der Waals surface area contributed by atoms with Crippen LogP contribution in [0.5, 0.6) is 0 Å². The van der Waals surface area contributed by atoms with E-state index in [1.165, 1.54) is 32.1 Å². The van der Waals surface area contributed by atoms with Gasteiger partial charge in [0.05, 0.1) is 6.54 Å². The van der Waals surface area contributed by atoms with Crippen LogP contribution in [0.2, 0.25) is 0 Å². The van der Waals surface area contributed by atoms with Crippen molar-refractivity contribution in [3.05, 3.63) is 29.8 Å². The van der Waals surface area contributed by atoms with Gasteiger partial charge in [-0.15, -0.1) is 0 Å². The molecule has 0 atom stereocenters. The minimum Gasteiger partial charge on any atom is -0.325 e. The van der Waals surface area contributed by atoms with E-state index >= 15 is 0 Å². The molecule has 1 heterocycles. The number of amides is 1. The Kier molecular flexibility index (Phi) is 4.79. The maximum atomic E-state index is 12.5. The average Bonchev–Trinajstić information content (AvgIpc) is 2.53. The van der Waals surface area contributed by atoms with E-state index in [1.807, 2.05) is 31.2 Å².